The summed E-state index contributed by atoms with van der Waals surface area (Å²) in [6, 6.07) is 17.5. The van der Waals surface area contributed by atoms with Gasteiger partial charge in [-0.3, -0.25) is 4.79 Å². The van der Waals surface area contributed by atoms with Gasteiger partial charge in [0.15, 0.2) is 0 Å². The van der Waals surface area contributed by atoms with Crippen LogP contribution in [0.1, 0.15) is 54.9 Å². The summed E-state index contributed by atoms with van der Waals surface area (Å²) in [5, 5.41) is 9.00. The molecule has 0 aliphatic heterocycles. The molecule has 0 fully saturated rings. The Kier molecular flexibility index (Phi) is 9.57. The second-order valence-corrected chi connectivity index (χ2v) is 7.59. The van der Waals surface area contributed by atoms with Gasteiger partial charge in [0.2, 0.25) is 0 Å². The molecule has 1 amide bonds. The van der Waals surface area contributed by atoms with Gasteiger partial charge in [-0.1, -0.05) is 72.4 Å². The maximum absolute atomic E-state index is 13.3. The van der Waals surface area contributed by atoms with E-state index in [1.165, 1.54) is 12.8 Å². The molecule has 0 aliphatic rings. The molecule has 0 aliphatic carbocycles. The summed E-state index contributed by atoms with van der Waals surface area (Å²) in [5.41, 5.74) is 1.56. The number of benzene rings is 2. The van der Waals surface area contributed by atoms with Gasteiger partial charge in [0.1, 0.15) is 5.75 Å². The Morgan fingerprint density at radius 1 is 1.14 bits per heavy atom. The number of carbonyl (C=O) groups is 1. The maximum Gasteiger partial charge on any atom is 0.257 e. The van der Waals surface area contributed by atoms with Crippen molar-refractivity contribution in [1.82, 2.24) is 4.90 Å². The molecule has 2 aromatic rings. The van der Waals surface area contributed by atoms with E-state index in [0.717, 1.165) is 22.9 Å². The fourth-order valence-electron chi connectivity index (χ4n) is 2.92. The molecule has 0 bridgehead atoms. The minimum atomic E-state index is -0.121. The third-order valence-corrected chi connectivity index (χ3v) is 4.92. The van der Waals surface area contributed by atoms with Crippen LogP contribution in [0.3, 0.4) is 0 Å². The molecule has 5 heteroatoms. The van der Waals surface area contributed by atoms with Gasteiger partial charge in [0, 0.05) is 17.6 Å². The Balaban J connectivity index is 2.17. The van der Waals surface area contributed by atoms with Gasteiger partial charge in [-0.05, 0) is 30.2 Å². The van der Waals surface area contributed by atoms with Crippen LogP contribution in [0.5, 0.6) is 5.75 Å². The molecule has 2 aromatic carbocycles. The number of nitriles is 1. The van der Waals surface area contributed by atoms with E-state index in [9.17, 15) is 4.79 Å². The number of hydrogen-bond donors (Lipinski definition) is 0. The molecule has 0 unspecified atom stereocenters. The average molecular weight is 443 g/mol. The van der Waals surface area contributed by atoms with Crippen molar-refractivity contribution in [3.8, 4) is 11.8 Å². The van der Waals surface area contributed by atoms with Gasteiger partial charge in [0.05, 0.1) is 24.7 Å². The van der Waals surface area contributed by atoms with Crippen LogP contribution < -0.4 is 4.74 Å². The zero-order valence-corrected chi connectivity index (χ0v) is 18.0. The van der Waals surface area contributed by atoms with Crippen LogP contribution in [-0.4, -0.2) is 24.0 Å². The Labute approximate surface area is 176 Å². The van der Waals surface area contributed by atoms with Crippen LogP contribution in [0.25, 0.3) is 0 Å². The van der Waals surface area contributed by atoms with Crippen LogP contribution in [0.4, 0.5) is 0 Å². The number of ether oxygens (including phenoxy) is 1. The average Bonchev–Trinajstić information content (AvgIpc) is 2.72. The molecule has 0 atom stereocenters. The summed E-state index contributed by atoms with van der Waals surface area (Å²) in [6.07, 6.45) is 4.75. The Hall–Kier alpha value is -2.32. The van der Waals surface area contributed by atoms with Gasteiger partial charge in [0.25, 0.3) is 5.91 Å². The lowest BCUT2D eigenvalue weighted by Crippen LogP contribution is -2.31. The highest BCUT2D eigenvalue weighted by atomic mass is 79.9. The number of amides is 1. The molecule has 0 radical (unpaired) electrons. The number of hydrogen-bond acceptors (Lipinski definition) is 3. The van der Waals surface area contributed by atoms with Crippen molar-refractivity contribution in [2.45, 2.75) is 45.6 Å². The normalized spacial score (nSPS) is 10.3. The van der Waals surface area contributed by atoms with Crippen molar-refractivity contribution in [3.05, 3.63) is 64.1 Å². The Bertz CT molecular complexity index is 787. The summed E-state index contributed by atoms with van der Waals surface area (Å²) in [7, 11) is 0. The van der Waals surface area contributed by atoms with Gasteiger partial charge in [-0.25, -0.2) is 0 Å². The van der Waals surface area contributed by atoms with Gasteiger partial charge < -0.3 is 9.64 Å². The van der Waals surface area contributed by atoms with Crippen molar-refractivity contribution in [1.29, 1.82) is 5.26 Å². The zero-order chi connectivity index (χ0) is 20.2. The molecule has 0 saturated carbocycles. The predicted octanol–water partition coefficient (Wildman–Crippen LogP) is 5.96. The van der Waals surface area contributed by atoms with Crippen LogP contribution in [0.15, 0.2) is 53.0 Å². The van der Waals surface area contributed by atoms with E-state index < -0.39 is 0 Å². The first-order chi connectivity index (χ1) is 13.7. The minimum absolute atomic E-state index is 0.121. The summed E-state index contributed by atoms with van der Waals surface area (Å²) >= 11 is 3.46. The monoisotopic (exact) mass is 442 g/mol. The Morgan fingerprint density at radius 3 is 2.64 bits per heavy atom. The first-order valence-electron chi connectivity index (χ1n) is 9.78. The molecule has 2 rings (SSSR count). The van der Waals surface area contributed by atoms with Gasteiger partial charge >= 0.3 is 0 Å². The van der Waals surface area contributed by atoms with Crippen molar-refractivity contribution >= 4 is 21.8 Å². The molecule has 148 valence electrons. The fraction of sp³-hybridized carbons (Fsp3) is 0.391. The first kappa shape index (κ1) is 22.0. The molecule has 0 aromatic heterocycles. The SMILES string of the molecule is CCCCCCOc1ccc(Br)cc1C(=O)N(CCC#N)Cc1ccccc1. The van der Waals surface area contributed by atoms with Crippen LogP contribution in [0.2, 0.25) is 0 Å². The van der Waals surface area contributed by atoms with E-state index in [2.05, 4.69) is 28.9 Å². The second-order valence-electron chi connectivity index (χ2n) is 6.67. The summed E-state index contributed by atoms with van der Waals surface area (Å²) in [4.78, 5) is 15.0. The summed E-state index contributed by atoms with van der Waals surface area (Å²) in [6.45, 7) is 3.62. The summed E-state index contributed by atoms with van der Waals surface area (Å²) in [5.74, 6) is 0.476. The molecule has 0 saturated heterocycles. The number of rotatable bonds is 11. The predicted molar refractivity (Wildman–Crippen MR) is 115 cm³/mol. The minimum Gasteiger partial charge on any atom is -0.493 e. The van der Waals surface area contributed by atoms with E-state index >= 15 is 0 Å². The van der Waals surface area contributed by atoms with E-state index in [-0.39, 0.29) is 5.91 Å². The number of carbonyl (C=O) groups excluding carboxylic acids is 1. The lowest BCUT2D eigenvalue weighted by Gasteiger charge is -2.23. The first-order valence-corrected chi connectivity index (χ1v) is 10.6. The third-order valence-electron chi connectivity index (χ3n) is 4.42. The highest BCUT2D eigenvalue weighted by Gasteiger charge is 2.20. The number of nitrogens with zero attached hydrogens (tertiary/aromatic N) is 2. The molecule has 4 nitrogen and oxygen atoms in total. The third kappa shape index (κ3) is 7.01. The topological polar surface area (TPSA) is 53.3 Å². The van der Waals surface area contributed by atoms with Crippen LogP contribution in [-0.2, 0) is 6.54 Å². The molecule has 28 heavy (non-hydrogen) atoms. The van der Waals surface area contributed by atoms with Gasteiger partial charge in [-0.15, -0.1) is 0 Å². The highest BCUT2D eigenvalue weighted by Crippen LogP contribution is 2.26. The van der Waals surface area contributed by atoms with Gasteiger partial charge in [-0.2, -0.15) is 5.26 Å². The number of halogens is 1. The van der Waals surface area contributed by atoms with E-state index in [4.69, 9.17) is 10.00 Å². The second kappa shape index (κ2) is 12.2. The maximum atomic E-state index is 13.3. The largest absolute Gasteiger partial charge is 0.493 e. The van der Waals surface area contributed by atoms with Crippen molar-refractivity contribution in [2.75, 3.05) is 13.2 Å². The fourth-order valence-corrected chi connectivity index (χ4v) is 3.28. The standard InChI is InChI=1S/C23H27BrN2O2/c1-2-3-4-8-16-28-22-13-12-20(24)17-21(22)23(27)26(15-9-14-25)18-19-10-6-5-7-11-19/h5-7,10-13,17H,2-4,8-9,15-16,18H2,1H3. The smallest absolute Gasteiger partial charge is 0.257 e. The highest BCUT2D eigenvalue weighted by molar-refractivity contribution is 9.10. The summed E-state index contributed by atoms with van der Waals surface area (Å²) < 4.78 is 6.76. The van der Waals surface area contributed by atoms with E-state index in [1.807, 2.05) is 42.5 Å². The lowest BCUT2D eigenvalue weighted by molar-refractivity contribution is 0.0742. The van der Waals surface area contributed by atoms with E-state index in [1.54, 1.807) is 11.0 Å². The molecular formula is C23H27BrN2O2. The zero-order valence-electron chi connectivity index (χ0n) is 16.4. The quantitative estimate of drug-likeness (QED) is 0.403. The van der Waals surface area contributed by atoms with Crippen molar-refractivity contribution in [2.24, 2.45) is 0 Å². The van der Waals surface area contributed by atoms with Crippen molar-refractivity contribution in [3.63, 3.8) is 0 Å². The van der Waals surface area contributed by atoms with E-state index in [0.29, 0.717) is 37.4 Å². The molecule has 0 N–H and O–H groups in total. The molecule has 0 spiro atoms. The van der Waals surface area contributed by atoms with Crippen LogP contribution >= 0.6 is 15.9 Å². The molecule has 0 heterocycles. The Morgan fingerprint density at radius 2 is 1.93 bits per heavy atom. The van der Waals surface area contributed by atoms with Crippen molar-refractivity contribution < 1.29 is 9.53 Å². The number of unbranched alkanes of at least 4 members (excludes halogenated alkanes) is 3. The van der Waals surface area contributed by atoms with Crippen LogP contribution in [0, 0.1) is 11.3 Å². The molecular weight excluding hydrogens is 416 g/mol. The lowest BCUT2D eigenvalue weighted by atomic mass is 10.1.